The quantitative estimate of drug-likeness (QED) is 0.860. The van der Waals surface area contributed by atoms with E-state index in [1.54, 1.807) is 25.3 Å². The predicted octanol–water partition coefficient (Wildman–Crippen LogP) is 1.77. The SMILES string of the molecule is COc1ccc(OC)c(-c2nnc(CCC(=O)O)o2)c1. The van der Waals surface area contributed by atoms with Crippen LogP contribution in [0.15, 0.2) is 22.6 Å². The molecule has 2 aromatic rings. The van der Waals surface area contributed by atoms with Gasteiger partial charge in [0.15, 0.2) is 0 Å². The van der Waals surface area contributed by atoms with Crippen molar-refractivity contribution in [3.63, 3.8) is 0 Å². The van der Waals surface area contributed by atoms with Crippen LogP contribution >= 0.6 is 0 Å². The van der Waals surface area contributed by atoms with Crippen molar-refractivity contribution in [1.29, 1.82) is 0 Å². The van der Waals surface area contributed by atoms with Crippen molar-refractivity contribution < 1.29 is 23.8 Å². The number of nitrogens with zero attached hydrogens (tertiary/aromatic N) is 2. The van der Waals surface area contributed by atoms with Crippen molar-refractivity contribution in [3.05, 3.63) is 24.1 Å². The number of ether oxygens (including phenoxy) is 2. The van der Waals surface area contributed by atoms with E-state index in [4.69, 9.17) is 19.0 Å². The Balaban J connectivity index is 2.28. The average Bonchev–Trinajstić information content (AvgIpc) is 2.93. The summed E-state index contributed by atoms with van der Waals surface area (Å²) in [5.74, 6) is 0.822. The molecule has 2 rings (SSSR count). The normalized spacial score (nSPS) is 10.3. The lowest BCUT2D eigenvalue weighted by molar-refractivity contribution is -0.137. The van der Waals surface area contributed by atoms with Crippen LogP contribution < -0.4 is 9.47 Å². The number of methoxy groups -OCH3 is 2. The van der Waals surface area contributed by atoms with Crippen molar-refractivity contribution in [2.24, 2.45) is 0 Å². The van der Waals surface area contributed by atoms with Gasteiger partial charge in [-0.1, -0.05) is 0 Å². The van der Waals surface area contributed by atoms with Gasteiger partial charge in [-0.3, -0.25) is 4.79 Å². The molecule has 7 heteroatoms. The lowest BCUT2D eigenvalue weighted by Crippen LogP contribution is -1.97. The summed E-state index contributed by atoms with van der Waals surface area (Å²) in [6.45, 7) is 0. The van der Waals surface area contributed by atoms with E-state index in [9.17, 15) is 4.79 Å². The topological polar surface area (TPSA) is 94.7 Å². The fourth-order valence-corrected chi connectivity index (χ4v) is 1.66. The maximum Gasteiger partial charge on any atom is 0.303 e. The van der Waals surface area contributed by atoms with Crippen LogP contribution in [0.25, 0.3) is 11.5 Å². The van der Waals surface area contributed by atoms with Gasteiger partial charge in [0.25, 0.3) is 5.89 Å². The van der Waals surface area contributed by atoms with Gasteiger partial charge in [0, 0.05) is 6.42 Å². The third-order valence-electron chi connectivity index (χ3n) is 2.66. The Morgan fingerprint density at radius 1 is 1.30 bits per heavy atom. The molecule has 0 amide bonds. The van der Waals surface area contributed by atoms with Gasteiger partial charge in [0.1, 0.15) is 11.5 Å². The number of hydrogen-bond acceptors (Lipinski definition) is 6. The van der Waals surface area contributed by atoms with E-state index in [0.29, 0.717) is 17.1 Å². The summed E-state index contributed by atoms with van der Waals surface area (Å²) in [5.41, 5.74) is 0.598. The zero-order valence-electron chi connectivity index (χ0n) is 11.1. The maximum atomic E-state index is 10.5. The molecule has 0 aliphatic heterocycles. The van der Waals surface area contributed by atoms with Gasteiger partial charge in [0.05, 0.1) is 26.2 Å². The molecule has 1 heterocycles. The van der Waals surface area contributed by atoms with Crippen LogP contribution in [0.3, 0.4) is 0 Å². The van der Waals surface area contributed by atoms with E-state index < -0.39 is 5.97 Å². The number of aliphatic carboxylic acids is 1. The molecule has 0 saturated heterocycles. The summed E-state index contributed by atoms with van der Waals surface area (Å²) >= 11 is 0. The summed E-state index contributed by atoms with van der Waals surface area (Å²) in [6.07, 6.45) is 0.130. The first-order valence-corrected chi connectivity index (χ1v) is 5.90. The van der Waals surface area contributed by atoms with Gasteiger partial charge < -0.3 is 19.0 Å². The average molecular weight is 278 g/mol. The summed E-state index contributed by atoms with van der Waals surface area (Å²) in [6, 6.07) is 5.20. The van der Waals surface area contributed by atoms with Gasteiger partial charge in [-0.2, -0.15) is 0 Å². The molecular weight excluding hydrogens is 264 g/mol. The lowest BCUT2D eigenvalue weighted by Gasteiger charge is -2.07. The van der Waals surface area contributed by atoms with E-state index in [2.05, 4.69) is 10.2 Å². The van der Waals surface area contributed by atoms with Crippen molar-refractivity contribution in [1.82, 2.24) is 10.2 Å². The zero-order valence-corrected chi connectivity index (χ0v) is 11.1. The standard InChI is InChI=1S/C13H14N2O5/c1-18-8-3-4-10(19-2)9(7-8)13-15-14-11(20-13)5-6-12(16)17/h3-4,7H,5-6H2,1-2H3,(H,16,17). The number of rotatable bonds is 6. The van der Waals surface area contributed by atoms with E-state index >= 15 is 0 Å². The van der Waals surface area contributed by atoms with Crippen molar-refractivity contribution in [2.45, 2.75) is 12.8 Å². The summed E-state index contributed by atoms with van der Waals surface area (Å²) < 4.78 is 15.8. The van der Waals surface area contributed by atoms with Gasteiger partial charge in [-0.05, 0) is 18.2 Å². The number of hydrogen-bond donors (Lipinski definition) is 1. The second-order valence-electron chi connectivity index (χ2n) is 3.96. The number of carboxylic acid groups (broad SMARTS) is 1. The molecule has 20 heavy (non-hydrogen) atoms. The molecule has 106 valence electrons. The summed E-state index contributed by atoms with van der Waals surface area (Å²) in [4.78, 5) is 10.5. The molecule has 1 aromatic carbocycles. The van der Waals surface area contributed by atoms with Crippen LogP contribution in [0.1, 0.15) is 12.3 Å². The molecule has 1 aromatic heterocycles. The molecule has 0 radical (unpaired) electrons. The minimum atomic E-state index is -0.913. The highest BCUT2D eigenvalue weighted by Crippen LogP contribution is 2.32. The second-order valence-corrected chi connectivity index (χ2v) is 3.96. The number of aryl methyl sites for hydroxylation is 1. The Morgan fingerprint density at radius 2 is 2.10 bits per heavy atom. The van der Waals surface area contributed by atoms with Crippen molar-refractivity contribution in [2.75, 3.05) is 14.2 Å². The van der Waals surface area contributed by atoms with Crippen LogP contribution in [0, 0.1) is 0 Å². The third kappa shape index (κ3) is 3.05. The van der Waals surface area contributed by atoms with E-state index in [-0.39, 0.29) is 24.6 Å². The Kier molecular flexibility index (Phi) is 4.19. The zero-order chi connectivity index (χ0) is 14.5. The molecular formula is C13H14N2O5. The van der Waals surface area contributed by atoms with Gasteiger partial charge in [0.2, 0.25) is 5.89 Å². The van der Waals surface area contributed by atoms with E-state index in [1.807, 2.05) is 0 Å². The van der Waals surface area contributed by atoms with Crippen LogP contribution in [0.5, 0.6) is 11.5 Å². The fraction of sp³-hybridized carbons (Fsp3) is 0.308. The molecule has 0 atom stereocenters. The minimum Gasteiger partial charge on any atom is -0.497 e. The van der Waals surface area contributed by atoms with Crippen LogP contribution in [0.2, 0.25) is 0 Å². The summed E-state index contributed by atoms with van der Waals surface area (Å²) in [5, 5.41) is 16.3. The third-order valence-corrected chi connectivity index (χ3v) is 2.66. The molecule has 0 spiro atoms. The Bertz CT molecular complexity index is 609. The Hall–Kier alpha value is -2.57. The van der Waals surface area contributed by atoms with Crippen LogP contribution in [-0.4, -0.2) is 35.5 Å². The van der Waals surface area contributed by atoms with Crippen molar-refractivity contribution in [3.8, 4) is 23.0 Å². The first-order chi connectivity index (χ1) is 9.63. The van der Waals surface area contributed by atoms with Gasteiger partial charge in [-0.15, -0.1) is 10.2 Å². The maximum absolute atomic E-state index is 10.5. The molecule has 0 aliphatic rings. The number of carboxylic acids is 1. The molecule has 1 N–H and O–H groups in total. The monoisotopic (exact) mass is 278 g/mol. The Labute approximate surface area is 115 Å². The van der Waals surface area contributed by atoms with Gasteiger partial charge in [-0.25, -0.2) is 0 Å². The minimum absolute atomic E-state index is 0.0587. The molecule has 0 aliphatic carbocycles. The predicted molar refractivity (Wildman–Crippen MR) is 68.8 cm³/mol. The second kappa shape index (κ2) is 6.05. The fourth-order valence-electron chi connectivity index (χ4n) is 1.66. The van der Waals surface area contributed by atoms with Crippen LogP contribution in [0.4, 0.5) is 0 Å². The largest absolute Gasteiger partial charge is 0.497 e. The molecule has 0 bridgehead atoms. The van der Waals surface area contributed by atoms with Crippen molar-refractivity contribution >= 4 is 5.97 Å². The highest BCUT2D eigenvalue weighted by Gasteiger charge is 2.15. The Morgan fingerprint density at radius 3 is 2.75 bits per heavy atom. The number of benzene rings is 1. The van der Waals surface area contributed by atoms with Gasteiger partial charge >= 0.3 is 5.97 Å². The highest BCUT2D eigenvalue weighted by molar-refractivity contribution is 5.67. The molecule has 0 saturated carbocycles. The molecule has 0 unspecified atom stereocenters. The van der Waals surface area contributed by atoms with E-state index in [1.165, 1.54) is 7.11 Å². The van der Waals surface area contributed by atoms with E-state index in [0.717, 1.165) is 0 Å². The summed E-state index contributed by atoms with van der Waals surface area (Å²) in [7, 11) is 3.09. The number of carbonyl (C=O) groups is 1. The number of aromatic nitrogens is 2. The van der Waals surface area contributed by atoms with Crippen LogP contribution in [-0.2, 0) is 11.2 Å². The first kappa shape index (κ1) is 13.9. The smallest absolute Gasteiger partial charge is 0.303 e. The molecule has 7 nitrogen and oxygen atoms in total. The first-order valence-electron chi connectivity index (χ1n) is 5.90. The lowest BCUT2D eigenvalue weighted by atomic mass is 10.2. The highest BCUT2D eigenvalue weighted by atomic mass is 16.5. The molecule has 0 fully saturated rings.